The Hall–Kier alpha value is -7.22. The molecule has 0 bridgehead atoms. The second-order valence-corrected chi connectivity index (χ2v) is 16.4. The summed E-state index contributed by atoms with van der Waals surface area (Å²) in [6, 6.07) is 71.4. The van der Waals surface area contributed by atoms with Crippen molar-refractivity contribution in [3.8, 4) is 55.6 Å². The van der Waals surface area contributed by atoms with E-state index in [2.05, 4.69) is 196 Å². The molecule has 1 aliphatic carbocycles. The van der Waals surface area contributed by atoms with Crippen molar-refractivity contribution in [1.29, 1.82) is 0 Å². The molecule has 0 spiro atoms. The maximum absolute atomic E-state index is 6.12. The molecule has 0 N–H and O–H groups in total. The van der Waals surface area contributed by atoms with Gasteiger partial charge in [0.25, 0.3) is 0 Å². The number of fused-ring (bicyclic) bond motifs is 10. The summed E-state index contributed by atoms with van der Waals surface area (Å²) >= 11 is 0. The third-order valence-corrected chi connectivity index (χ3v) is 12.8. The summed E-state index contributed by atoms with van der Waals surface area (Å²) in [4.78, 5) is 0. The fourth-order valence-electron chi connectivity index (χ4n) is 10.3. The van der Waals surface area contributed by atoms with Crippen LogP contribution in [-0.4, -0.2) is 0 Å². The van der Waals surface area contributed by atoms with Gasteiger partial charge < -0.3 is 4.42 Å². The van der Waals surface area contributed by atoms with E-state index in [0.29, 0.717) is 0 Å². The normalized spacial score (nSPS) is 13.1. The van der Waals surface area contributed by atoms with E-state index in [1.54, 1.807) is 0 Å². The van der Waals surface area contributed by atoms with Crippen LogP contribution in [0.3, 0.4) is 0 Å². The predicted octanol–water partition coefficient (Wildman–Crippen LogP) is 16.0. The summed E-state index contributed by atoms with van der Waals surface area (Å²) in [7, 11) is 0. The van der Waals surface area contributed by atoms with Crippen LogP contribution in [0.15, 0.2) is 199 Å². The first-order valence-corrected chi connectivity index (χ1v) is 20.3. The largest absolute Gasteiger partial charge is 0.456 e. The number of rotatable bonds is 4. The lowest BCUT2D eigenvalue weighted by Gasteiger charge is -2.26. The molecule has 1 aliphatic rings. The summed E-state index contributed by atoms with van der Waals surface area (Å²) in [6.45, 7) is 4.81. The highest BCUT2D eigenvalue weighted by atomic mass is 16.3. The van der Waals surface area contributed by atoms with Crippen LogP contribution < -0.4 is 0 Å². The smallest absolute Gasteiger partial charge is 0.135 e. The van der Waals surface area contributed by atoms with Gasteiger partial charge in [-0.2, -0.15) is 0 Å². The van der Waals surface area contributed by atoms with Crippen molar-refractivity contribution in [1.82, 2.24) is 0 Å². The monoisotopic (exact) mass is 738 g/mol. The topological polar surface area (TPSA) is 13.1 Å². The summed E-state index contributed by atoms with van der Waals surface area (Å²) in [5, 5.41) is 9.96. The van der Waals surface area contributed by atoms with Crippen molar-refractivity contribution >= 4 is 54.3 Å². The molecule has 1 heterocycles. The number of benzene rings is 10. The fourth-order valence-corrected chi connectivity index (χ4v) is 10.3. The Morgan fingerprint density at radius 2 is 0.845 bits per heavy atom. The first kappa shape index (κ1) is 33.0. The number of para-hydroxylation sites is 1. The lowest BCUT2D eigenvalue weighted by Crippen LogP contribution is -2.16. The molecule has 58 heavy (non-hydrogen) atoms. The van der Waals surface area contributed by atoms with E-state index in [0.717, 1.165) is 21.9 Å². The van der Waals surface area contributed by atoms with Crippen molar-refractivity contribution in [3.63, 3.8) is 0 Å². The third kappa shape index (κ3) is 4.77. The van der Waals surface area contributed by atoms with Crippen LogP contribution in [0.1, 0.15) is 25.0 Å². The molecule has 0 saturated heterocycles. The third-order valence-electron chi connectivity index (χ3n) is 12.8. The van der Waals surface area contributed by atoms with Crippen molar-refractivity contribution < 1.29 is 4.42 Å². The Bertz CT molecular complexity index is 3410. The standard InChI is InChI=1S/C57H38O/c1-57(2)55-41-16-4-3-13-36(41)29-31-49(55)48-23-12-22-42(56(48)57)39-14-11-15-40(33-39)54-46-20-7-5-18-44(46)53(45-19-6-8-21-47(45)54)37-27-25-35(26-28-37)38-30-32-52-50(34-38)43-17-9-10-24-51(43)58-52/h3-34H,1-2H3. The molecule has 0 unspecified atom stereocenters. The first-order chi connectivity index (χ1) is 28.5. The fraction of sp³-hybridized carbons (Fsp3) is 0.0526. The molecule has 0 saturated carbocycles. The molecule has 0 fully saturated rings. The molecule has 0 radical (unpaired) electrons. The highest BCUT2D eigenvalue weighted by molar-refractivity contribution is 6.21. The van der Waals surface area contributed by atoms with E-state index in [4.69, 9.17) is 4.42 Å². The molecule has 10 aromatic carbocycles. The second kappa shape index (κ2) is 12.4. The Labute approximate surface area is 337 Å². The molecular weight excluding hydrogens is 701 g/mol. The van der Waals surface area contributed by atoms with Gasteiger partial charge in [-0.05, 0) is 123 Å². The second-order valence-electron chi connectivity index (χ2n) is 16.4. The van der Waals surface area contributed by atoms with E-state index in [-0.39, 0.29) is 5.41 Å². The number of hydrogen-bond donors (Lipinski definition) is 0. The lowest BCUT2D eigenvalue weighted by molar-refractivity contribution is 0.668. The van der Waals surface area contributed by atoms with Gasteiger partial charge >= 0.3 is 0 Å². The van der Waals surface area contributed by atoms with Gasteiger partial charge in [0.2, 0.25) is 0 Å². The average Bonchev–Trinajstić information content (AvgIpc) is 3.77. The number of hydrogen-bond acceptors (Lipinski definition) is 1. The van der Waals surface area contributed by atoms with Crippen LogP contribution >= 0.6 is 0 Å². The van der Waals surface area contributed by atoms with Crippen molar-refractivity contribution in [2.75, 3.05) is 0 Å². The van der Waals surface area contributed by atoms with Crippen molar-refractivity contribution in [2.24, 2.45) is 0 Å². The van der Waals surface area contributed by atoms with Gasteiger partial charge in [0.05, 0.1) is 0 Å². The van der Waals surface area contributed by atoms with Gasteiger partial charge in [0.1, 0.15) is 11.2 Å². The SMILES string of the molecule is CC1(C)c2c(-c3cccc(-c4c5ccccc5c(-c5ccc(-c6ccc7oc8ccccc8c7c6)cc5)c5ccccc45)c3)cccc2-c2ccc3ccccc3c21. The van der Waals surface area contributed by atoms with Gasteiger partial charge in [-0.3, -0.25) is 0 Å². The van der Waals surface area contributed by atoms with Crippen LogP contribution in [-0.2, 0) is 5.41 Å². The van der Waals surface area contributed by atoms with Crippen molar-refractivity contribution in [3.05, 3.63) is 205 Å². The zero-order chi connectivity index (χ0) is 38.5. The van der Waals surface area contributed by atoms with Gasteiger partial charge in [0.15, 0.2) is 0 Å². The highest BCUT2D eigenvalue weighted by Crippen LogP contribution is 2.54. The Morgan fingerprint density at radius 3 is 1.59 bits per heavy atom. The van der Waals surface area contributed by atoms with Crippen LogP contribution in [0.25, 0.3) is 110 Å². The Kier molecular flexibility index (Phi) is 7.04. The predicted molar refractivity (Wildman–Crippen MR) is 246 cm³/mol. The molecule has 272 valence electrons. The molecular formula is C57H38O. The molecule has 0 aliphatic heterocycles. The van der Waals surface area contributed by atoms with Gasteiger partial charge in [-0.1, -0.05) is 184 Å². The number of furan rings is 1. The lowest BCUT2D eigenvalue weighted by atomic mass is 9.77. The summed E-state index contributed by atoms with van der Waals surface area (Å²) in [5.74, 6) is 0. The molecule has 1 aromatic heterocycles. The average molecular weight is 739 g/mol. The molecule has 1 heteroatoms. The quantitative estimate of drug-likeness (QED) is 0.164. The molecule has 0 atom stereocenters. The van der Waals surface area contributed by atoms with Gasteiger partial charge in [-0.15, -0.1) is 0 Å². The van der Waals surface area contributed by atoms with Crippen LogP contribution in [0, 0.1) is 0 Å². The minimum atomic E-state index is -0.158. The molecule has 12 rings (SSSR count). The van der Waals surface area contributed by atoms with Crippen LogP contribution in [0.4, 0.5) is 0 Å². The first-order valence-electron chi connectivity index (χ1n) is 20.3. The maximum Gasteiger partial charge on any atom is 0.135 e. The van der Waals surface area contributed by atoms with Gasteiger partial charge in [-0.25, -0.2) is 0 Å². The van der Waals surface area contributed by atoms with Crippen LogP contribution in [0.5, 0.6) is 0 Å². The van der Waals surface area contributed by atoms with E-state index in [1.165, 1.54) is 99.1 Å². The zero-order valence-corrected chi connectivity index (χ0v) is 32.4. The van der Waals surface area contributed by atoms with E-state index in [9.17, 15) is 0 Å². The van der Waals surface area contributed by atoms with Crippen LogP contribution in [0.2, 0.25) is 0 Å². The molecule has 11 aromatic rings. The van der Waals surface area contributed by atoms with Crippen molar-refractivity contribution in [2.45, 2.75) is 19.3 Å². The maximum atomic E-state index is 6.12. The summed E-state index contributed by atoms with van der Waals surface area (Å²) in [5.41, 5.74) is 17.1. The van der Waals surface area contributed by atoms with E-state index in [1.807, 2.05) is 12.1 Å². The molecule has 0 amide bonds. The Balaban J connectivity index is 0.995. The van der Waals surface area contributed by atoms with Gasteiger partial charge in [0, 0.05) is 16.2 Å². The van der Waals surface area contributed by atoms with E-state index < -0.39 is 0 Å². The minimum Gasteiger partial charge on any atom is -0.456 e. The summed E-state index contributed by atoms with van der Waals surface area (Å²) < 4.78 is 6.12. The Morgan fingerprint density at radius 1 is 0.310 bits per heavy atom. The zero-order valence-electron chi connectivity index (χ0n) is 32.4. The summed E-state index contributed by atoms with van der Waals surface area (Å²) in [6.07, 6.45) is 0. The molecule has 1 nitrogen and oxygen atoms in total. The minimum absolute atomic E-state index is 0.158. The van der Waals surface area contributed by atoms with E-state index >= 15 is 0 Å². The highest BCUT2D eigenvalue weighted by Gasteiger charge is 2.38.